The van der Waals surface area contributed by atoms with Crippen molar-refractivity contribution in [2.45, 2.75) is 6.61 Å². The standard InChI is InChI=1S/C41H30N2O4/c44-39(29-14-3-1-4-15-29)35-25-30-16-8-10-21-34(30)38(40(35)45)37-33-20-9-7-13-28(33)22-23-36(37)47-26-27-12-11-19-32(24-27)43-41(46)42-31-17-5-2-6-18-31/h1-25,45H,26H2,(H2,42,43,46). The number of hydrogen-bond donors (Lipinski definition) is 3. The van der Waals surface area contributed by atoms with E-state index >= 15 is 0 Å². The Morgan fingerprint density at radius 1 is 0.574 bits per heavy atom. The molecule has 0 aliphatic heterocycles. The highest BCUT2D eigenvalue weighted by Gasteiger charge is 2.24. The van der Waals surface area contributed by atoms with Crippen LogP contribution >= 0.6 is 0 Å². The second kappa shape index (κ2) is 12.9. The second-order valence-electron chi connectivity index (χ2n) is 11.2. The largest absolute Gasteiger partial charge is 0.507 e. The molecule has 7 rings (SSSR count). The number of amides is 2. The van der Waals surface area contributed by atoms with Crippen LogP contribution in [-0.2, 0) is 6.61 Å². The summed E-state index contributed by atoms with van der Waals surface area (Å²) in [4.78, 5) is 26.3. The zero-order chi connectivity index (χ0) is 32.2. The molecule has 0 heterocycles. The van der Waals surface area contributed by atoms with E-state index in [0.717, 1.165) is 27.1 Å². The van der Waals surface area contributed by atoms with Crippen molar-refractivity contribution in [2.24, 2.45) is 0 Å². The van der Waals surface area contributed by atoms with Crippen molar-refractivity contribution >= 4 is 44.7 Å². The van der Waals surface area contributed by atoms with E-state index in [2.05, 4.69) is 10.6 Å². The number of anilines is 2. The highest BCUT2D eigenvalue weighted by Crippen LogP contribution is 2.47. The van der Waals surface area contributed by atoms with Crippen molar-refractivity contribution in [2.75, 3.05) is 10.6 Å². The van der Waals surface area contributed by atoms with Crippen LogP contribution in [0.4, 0.5) is 16.2 Å². The first-order chi connectivity index (χ1) is 23.0. The molecule has 0 aromatic heterocycles. The summed E-state index contributed by atoms with van der Waals surface area (Å²) in [6, 6.07) is 46.6. The minimum atomic E-state index is -0.349. The third-order valence-electron chi connectivity index (χ3n) is 8.05. The molecule has 2 amide bonds. The van der Waals surface area contributed by atoms with Crippen LogP contribution < -0.4 is 15.4 Å². The van der Waals surface area contributed by atoms with Gasteiger partial charge in [-0.3, -0.25) is 4.79 Å². The van der Waals surface area contributed by atoms with E-state index in [-0.39, 0.29) is 29.7 Å². The molecule has 0 aliphatic rings. The predicted molar refractivity (Wildman–Crippen MR) is 188 cm³/mol. The molecule has 228 valence electrons. The smallest absolute Gasteiger partial charge is 0.323 e. The lowest BCUT2D eigenvalue weighted by molar-refractivity contribution is 0.103. The summed E-state index contributed by atoms with van der Waals surface area (Å²) in [6.45, 7) is 0.197. The van der Waals surface area contributed by atoms with Crippen molar-refractivity contribution in [1.29, 1.82) is 0 Å². The molecule has 0 saturated carbocycles. The van der Waals surface area contributed by atoms with Crippen molar-refractivity contribution in [3.63, 3.8) is 0 Å². The van der Waals surface area contributed by atoms with Gasteiger partial charge in [-0.15, -0.1) is 0 Å². The Hall–Kier alpha value is -6.40. The fraction of sp³-hybridized carbons (Fsp3) is 0.0244. The Morgan fingerprint density at radius 3 is 1.96 bits per heavy atom. The van der Waals surface area contributed by atoms with Gasteiger partial charge < -0.3 is 20.5 Å². The van der Waals surface area contributed by atoms with Crippen LogP contribution in [0, 0.1) is 0 Å². The number of phenolic OH excluding ortho intramolecular Hbond substituents is 1. The Labute approximate surface area is 271 Å². The lowest BCUT2D eigenvalue weighted by atomic mass is 9.88. The van der Waals surface area contributed by atoms with Gasteiger partial charge in [0.05, 0.1) is 5.56 Å². The van der Waals surface area contributed by atoms with Gasteiger partial charge in [0.2, 0.25) is 0 Å². The zero-order valence-electron chi connectivity index (χ0n) is 25.3. The number of ketones is 1. The third kappa shape index (κ3) is 6.13. The average molecular weight is 615 g/mol. The number of phenols is 1. The Morgan fingerprint density at radius 2 is 1.19 bits per heavy atom. The maximum Gasteiger partial charge on any atom is 0.323 e. The Kier molecular flexibility index (Phi) is 8.05. The van der Waals surface area contributed by atoms with Gasteiger partial charge in [-0.05, 0) is 63.5 Å². The molecule has 0 spiro atoms. The van der Waals surface area contributed by atoms with E-state index in [9.17, 15) is 14.7 Å². The summed E-state index contributed by atoms with van der Waals surface area (Å²) in [6.07, 6.45) is 0. The van der Waals surface area contributed by atoms with Gasteiger partial charge in [0.25, 0.3) is 0 Å². The first kappa shape index (κ1) is 29.3. The van der Waals surface area contributed by atoms with E-state index in [1.807, 2.05) is 133 Å². The molecule has 0 aliphatic carbocycles. The molecule has 3 N–H and O–H groups in total. The SMILES string of the molecule is O=C(Nc1ccccc1)Nc1cccc(COc2ccc3ccccc3c2-c2c(O)c(C(=O)c3ccccc3)cc3ccccc23)c1. The second-order valence-corrected chi connectivity index (χ2v) is 11.2. The summed E-state index contributed by atoms with van der Waals surface area (Å²) in [5.74, 6) is 0.182. The minimum Gasteiger partial charge on any atom is -0.507 e. The van der Waals surface area contributed by atoms with E-state index < -0.39 is 0 Å². The van der Waals surface area contributed by atoms with E-state index in [0.29, 0.717) is 33.8 Å². The molecule has 0 fully saturated rings. The van der Waals surface area contributed by atoms with Crippen molar-refractivity contribution in [3.05, 3.63) is 168 Å². The first-order valence-corrected chi connectivity index (χ1v) is 15.3. The molecule has 0 atom stereocenters. The fourth-order valence-electron chi connectivity index (χ4n) is 5.85. The van der Waals surface area contributed by atoms with E-state index in [1.54, 1.807) is 18.2 Å². The van der Waals surface area contributed by atoms with Crippen molar-refractivity contribution < 1.29 is 19.4 Å². The zero-order valence-corrected chi connectivity index (χ0v) is 25.3. The number of rotatable bonds is 8. The number of carbonyl (C=O) groups excluding carboxylic acids is 2. The molecule has 6 nitrogen and oxygen atoms in total. The van der Waals surface area contributed by atoms with Gasteiger partial charge in [0, 0.05) is 28.1 Å². The number of hydrogen-bond acceptors (Lipinski definition) is 4. The number of nitrogens with one attached hydrogen (secondary N) is 2. The van der Waals surface area contributed by atoms with Gasteiger partial charge in [-0.2, -0.15) is 0 Å². The van der Waals surface area contributed by atoms with E-state index in [1.165, 1.54) is 0 Å². The van der Waals surface area contributed by atoms with Gasteiger partial charge in [0.1, 0.15) is 18.1 Å². The van der Waals surface area contributed by atoms with E-state index in [4.69, 9.17) is 4.74 Å². The molecule has 6 heteroatoms. The summed E-state index contributed by atoms with van der Waals surface area (Å²) in [5, 5.41) is 21.1. The van der Waals surface area contributed by atoms with Gasteiger partial charge in [0.15, 0.2) is 5.78 Å². The average Bonchev–Trinajstić information content (AvgIpc) is 3.11. The minimum absolute atomic E-state index is 0.102. The Balaban J connectivity index is 1.27. The molecule has 0 unspecified atom stereocenters. The number of para-hydroxylation sites is 1. The first-order valence-electron chi connectivity index (χ1n) is 15.3. The molecule has 47 heavy (non-hydrogen) atoms. The van der Waals surface area contributed by atoms with Crippen LogP contribution in [0.2, 0.25) is 0 Å². The summed E-state index contributed by atoms with van der Waals surface area (Å²) < 4.78 is 6.51. The molecule has 7 aromatic rings. The molecular formula is C41H30N2O4. The van der Waals surface area contributed by atoms with Crippen molar-refractivity contribution in [1.82, 2.24) is 0 Å². The summed E-state index contributed by atoms with van der Waals surface area (Å²) in [7, 11) is 0. The number of aromatic hydroxyl groups is 1. The summed E-state index contributed by atoms with van der Waals surface area (Å²) in [5.41, 5.74) is 4.08. The van der Waals surface area contributed by atoms with Crippen LogP contribution in [0.25, 0.3) is 32.7 Å². The maximum atomic E-state index is 13.7. The highest BCUT2D eigenvalue weighted by atomic mass is 16.5. The highest BCUT2D eigenvalue weighted by molar-refractivity contribution is 6.18. The predicted octanol–water partition coefficient (Wildman–Crippen LogP) is 9.82. The monoisotopic (exact) mass is 614 g/mol. The van der Waals surface area contributed by atoms with Crippen LogP contribution in [0.5, 0.6) is 11.5 Å². The quantitative estimate of drug-likeness (QED) is 0.149. The Bertz CT molecular complexity index is 2250. The number of ether oxygens (including phenoxy) is 1. The van der Waals surface area contributed by atoms with Gasteiger partial charge in [-0.25, -0.2) is 4.79 Å². The fourth-order valence-corrected chi connectivity index (χ4v) is 5.85. The molecule has 0 bridgehead atoms. The van der Waals surface area contributed by atoms with Gasteiger partial charge in [-0.1, -0.05) is 115 Å². The number of fused-ring (bicyclic) bond motifs is 2. The topological polar surface area (TPSA) is 87.7 Å². The summed E-state index contributed by atoms with van der Waals surface area (Å²) >= 11 is 0. The molecule has 0 radical (unpaired) electrons. The molecule has 0 saturated heterocycles. The lowest BCUT2D eigenvalue weighted by Crippen LogP contribution is -2.19. The normalized spacial score (nSPS) is 10.9. The van der Waals surface area contributed by atoms with Crippen LogP contribution in [0.1, 0.15) is 21.5 Å². The number of carbonyl (C=O) groups is 2. The lowest BCUT2D eigenvalue weighted by Gasteiger charge is -2.19. The van der Waals surface area contributed by atoms with Crippen molar-refractivity contribution in [3.8, 4) is 22.6 Å². The van der Waals surface area contributed by atoms with Crippen LogP contribution in [0.3, 0.4) is 0 Å². The number of urea groups is 1. The maximum absolute atomic E-state index is 13.7. The molecular weight excluding hydrogens is 584 g/mol. The number of benzene rings is 7. The van der Waals surface area contributed by atoms with Gasteiger partial charge >= 0.3 is 6.03 Å². The third-order valence-corrected chi connectivity index (χ3v) is 8.05. The van der Waals surface area contributed by atoms with Crippen LogP contribution in [0.15, 0.2) is 152 Å². The molecule has 7 aromatic carbocycles. The van der Waals surface area contributed by atoms with Crippen LogP contribution in [-0.4, -0.2) is 16.9 Å².